The van der Waals surface area contributed by atoms with Crippen molar-refractivity contribution in [1.82, 2.24) is 14.6 Å². The third-order valence-electron chi connectivity index (χ3n) is 4.69. The summed E-state index contributed by atoms with van der Waals surface area (Å²) >= 11 is 0. The molecule has 4 atom stereocenters. The van der Waals surface area contributed by atoms with Crippen molar-refractivity contribution in [3.63, 3.8) is 0 Å². The molecule has 3 heterocycles. The smallest absolute Gasteiger partial charge is 0.418 e. The third-order valence-corrected chi connectivity index (χ3v) is 5.40. The Balaban J connectivity index is 1.56. The van der Waals surface area contributed by atoms with Gasteiger partial charge in [-0.3, -0.25) is 0 Å². The quantitative estimate of drug-likeness (QED) is 0.416. The summed E-state index contributed by atoms with van der Waals surface area (Å²) in [5.41, 5.74) is 5.46. The topological polar surface area (TPSA) is 141 Å². The molecule has 0 aliphatic carbocycles. The lowest BCUT2D eigenvalue weighted by molar-refractivity contribution is -0.0516. The molecule has 10 nitrogen and oxygen atoms in total. The molecule has 1 aliphatic rings. The van der Waals surface area contributed by atoms with Crippen molar-refractivity contribution < 1.29 is 28.6 Å². The predicted octanol–water partition coefficient (Wildman–Crippen LogP) is 1.61. The first kappa shape index (κ1) is 19.3. The number of ether oxygens (including phenoxy) is 1. The van der Waals surface area contributed by atoms with Crippen molar-refractivity contribution >= 4 is 19.6 Å². The van der Waals surface area contributed by atoms with Gasteiger partial charge in [-0.2, -0.15) is 5.10 Å². The monoisotopic (exact) mass is 418 g/mol. The van der Waals surface area contributed by atoms with Crippen LogP contribution in [-0.2, 0) is 19.4 Å². The van der Waals surface area contributed by atoms with E-state index in [4.69, 9.17) is 19.5 Å². The van der Waals surface area contributed by atoms with Crippen LogP contribution in [0.3, 0.4) is 0 Å². The predicted molar refractivity (Wildman–Crippen MR) is 103 cm³/mol. The Hall–Kier alpha value is -3.07. The van der Waals surface area contributed by atoms with Crippen LogP contribution in [0, 0.1) is 0 Å². The molecular weight excluding hydrogens is 399 g/mol. The van der Waals surface area contributed by atoms with Crippen LogP contribution in [-0.4, -0.2) is 37.0 Å². The highest BCUT2D eigenvalue weighted by atomic mass is 31.1. The normalized spacial score (nSPS) is 26.4. The Morgan fingerprint density at radius 2 is 2.03 bits per heavy atom. The Morgan fingerprint density at radius 3 is 2.79 bits per heavy atom. The molecule has 4 rings (SSSR count). The van der Waals surface area contributed by atoms with Gasteiger partial charge in [0.25, 0.3) is 0 Å². The molecule has 2 aromatic heterocycles. The summed E-state index contributed by atoms with van der Waals surface area (Å²) in [6, 6.07) is 11.9. The lowest BCUT2D eigenvalue weighted by Crippen LogP contribution is -2.39. The number of nitrogens with zero attached hydrogens (tertiary/aromatic N) is 3. The van der Waals surface area contributed by atoms with Crippen LogP contribution in [0.5, 0.6) is 5.75 Å². The molecule has 152 valence electrons. The van der Waals surface area contributed by atoms with Crippen molar-refractivity contribution in [2.45, 2.75) is 24.7 Å². The molecule has 0 radical (unpaired) electrons. The first-order valence-electron chi connectivity index (χ1n) is 8.67. The van der Waals surface area contributed by atoms with E-state index in [-0.39, 0.29) is 11.6 Å². The zero-order chi connectivity index (χ0) is 20.6. The summed E-state index contributed by atoms with van der Waals surface area (Å²) in [6.07, 6.45) is -0.483. The van der Waals surface area contributed by atoms with E-state index in [1.165, 1.54) is 10.8 Å². The van der Waals surface area contributed by atoms with Crippen molar-refractivity contribution in [3.8, 4) is 5.75 Å². The Morgan fingerprint density at radius 1 is 1.28 bits per heavy atom. The molecule has 0 saturated carbocycles. The molecule has 0 bridgehead atoms. The van der Waals surface area contributed by atoms with E-state index in [9.17, 15) is 14.8 Å². The van der Waals surface area contributed by atoms with Gasteiger partial charge in [-0.15, -0.1) is 0 Å². The zero-order valence-electron chi connectivity index (χ0n) is 15.3. The second kappa shape index (κ2) is 7.40. The number of benzene rings is 1. The van der Waals surface area contributed by atoms with Crippen LogP contribution >= 0.6 is 8.25 Å². The summed E-state index contributed by atoms with van der Waals surface area (Å²) in [4.78, 5) is 3.92. The van der Waals surface area contributed by atoms with Gasteiger partial charge in [0.15, 0.2) is 17.2 Å². The molecule has 1 aliphatic heterocycles. The summed E-state index contributed by atoms with van der Waals surface area (Å²) in [7, 11) is -2.94. The SMILES string of the molecule is C[C@@]1(c2ccc3c(N)ncnn23)O/C(=C/O[PH](=O)Oc2ccccc2)[C@@H](O)[C@H]1O. The number of aliphatic hydroxyl groups is 2. The van der Waals surface area contributed by atoms with Crippen LogP contribution in [0.1, 0.15) is 12.6 Å². The molecule has 4 N–H and O–H groups in total. The largest absolute Gasteiger partial charge is 0.477 e. The average molecular weight is 418 g/mol. The van der Waals surface area contributed by atoms with Crippen molar-refractivity contribution in [2.75, 3.05) is 5.73 Å². The fourth-order valence-electron chi connectivity index (χ4n) is 3.16. The molecule has 1 fully saturated rings. The molecule has 0 spiro atoms. The van der Waals surface area contributed by atoms with Gasteiger partial charge in [0.1, 0.15) is 36.1 Å². The average Bonchev–Trinajstić information content (AvgIpc) is 3.24. The minimum atomic E-state index is -2.94. The van der Waals surface area contributed by atoms with Gasteiger partial charge in [-0.05, 0) is 31.2 Å². The van der Waals surface area contributed by atoms with Gasteiger partial charge in [-0.25, -0.2) is 14.1 Å². The lowest BCUT2D eigenvalue weighted by Gasteiger charge is -2.26. The van der Waals surface area contributed by atoms with Gasteiger partial charge in [0, 0.05) is 0 Å². The van der Waals surface area contributed by atoms with E-state index in [0.717, 1.165) is 6.26 Å². The number of anilines is 1. The number of nitrogen functional groups attached to an aromatic ring is 1. The fraction of sp³-hybridized carbons (Fsp3) is 0.222. The second-order valence-electron chi connectivity index (χ2n) is 6.56. The Kier molecular flexibility index (Phi) is 4.91. The van der Waals surface area contributed by atoms with Crippen LogP contribution < -0.4 is 10.3 Å². The maximum atomic E-state index is 12.0. The van der Waals surface area contributed by atoms with Crippen LogP contribution in [0.2, 0.25) is 0 Å². The van der Waals surface area contributed by atoms with Crippen molar-refractivity contribution in [1.29, 1.82) is 0 Å². The Labute approximate surface area is 166 Å². The van der Waals surface area contributed by atoms with Gasteiger partial charge >= 0.3 is 8.25 Å². The van der Waals surface area contributed by atoms with Gasteiger partial charge in [0.2, 0.25) is 0 Å². The van der Waals surface area contributed by atoms with Gasteiger partial charge in [0.05, 0.1) is 5.69 Å². The molecule has 0 amide bonds. The molecule has 3 aromatic rings. The van der Waals surface area contributed by atoms with Gasteiger partial charge in [-0.1, -0.05) is 18.2 Å². The first-order valence-corrected chi connectivity index (χ1v) is 9.90. The van der Waals surface area contributed by atoms with E-state index in [2.05, 4.69) is 10.1 Å². The summed E-state index contributed by atoms with van der Waals surface area (Å²) in [5.74, 6) is 0.551. The number of aromatic nitrogens is 3. The van der Waals surface area contributed by atoms with E-state index in [1.54, 1.807) is 49.4 Å². The summed E-state index contributed by atoms with van der Waals surface area (Å²) in [6.45, 7) is 1.59. The number of fused-ring (bicyclic) bond motifs is 1. The molecule has 1 aromatic carbocycles. The zero-order valence-corrected chi connectivity index (χ0v) is 16.3. The maximum Gasteiger partial charge on any atom is 0.418 e. The third kappa shape index (κ3) is 3.42. The first-order chi connectivity index (χ1) is 13.9. The molecule has 1 unspecified atom stereocenters. The summed E-state index contributed by atoms with van der Waals surface area (Å²) in [5, 5.41) is 25.2. The van der Waals surface area contributed by atoms with Crippen LogP contribution in [0.4, 0.5) is 5.82 Å². The van der Waals surface area contributed by atoms with E-state index >= 15 is 0 Å². The number of para-hydroxylation sites is 1. The van der Waals surface area contributed by atoms with E-state index in [1.807, 2.05) is 0 Å². The lowest BCUT2D eigenvalue weighted by atomic mass is 9.94. The highest BCUT2D eigenvalue weighted by molar-refractivity contribution is 7.33. The highest BCUT2D eigenvalue weighted by Gasteiger charge is 2.52. The highest BCUT2D eigenvalue weighted by Crippen LogP contribution is 2.42. The minimum absolute atomic E-state index is 0.0908. The molecule has 11 heteroatoms. The van der Waals surface area contributed by atoms with Crippen molar-refractivity contribution in [2.24, 2.45) is 0 Å². The van der Waals surface area contributed by atoms with E-state index < -0.39 is 26.1 Å². The molecule has 1 saturated heterocycles. The number of hydrogen-bond acceptors (Lipinski definition) is 9. The second-order valence-corrected chi connectivity index (χ2v) is 7.50. The molecular formula is C18H19N4O6P. The maximum absolute atomic E-state index is 12.0. The number of hydrogen-bond donors (Lipinski definition) is 3. The Bertz CT molecular complexity index is 1090. The number of nitrogens with two attached hydrogens (primary N) is 1. The number of aliphatic hydroxyl groups excluding tert-OH is 2. The summed E-state index contributed by atoms with van der Waals surface area (Å²) < 4.78 is 29.6. The fourth-order valence-corrected chi connectivity index (χ4v) is 3.75. The van der Waals surface area contributed by atoms with Crippen molar-refractivity contribution in [3.05, 3.63) is 66.5 Å². The standard InChI is InChI=1S/C18H19N4O6P/c1-18(14-8-7-12-17(19)20-10-21-22(12)14)16(24)15(23)13(27-18)9-26-29(25)28-11-5-3-2-4-6-11/h2-10,15-16,23-24,29H,1H3,(H2,19,20,21)/b13-9+/t15-,16-,18+/m1/s1. The molecule has 29 heavy (non-hydrogen) atoms. The van der Waals surface area contributed by atoms with Crippen LogP contribution in [0.15, 0.2) is 60.8 Å². The van der Waals surface area contributed by atoms with Gasteiger partial charge < -0.3 is 29.7 Å². The minimum Gasteiger partial charge on any atom is -0.477 e. The number of rotatable bonds is 5. The van der Waals surface area contributed by atoms with Crippen LogP contribution in [0.25, 0.3) is 5.52 Å². The van der Waals surface area contributed by atoms with E-state index in [0.29, 0.717) is 17.0 Å².